The van der Waals surface area contributed by atoms with E-state index in [1.165, 1.54) is 11.1 Å². The molecule has 0 amide bonds. The minimum absolute atomic E-state index is 0.285. The van der Waals surface area contributed by atoms with Gasteiger partial charge < -0.3 is 14.2 Å². The van der Waals surface area contributed by atoms with Crippen molar-refractivity contribution in [1.29, 1.82) is 0 Å². The van der Waals surface area contributed by atoms with Gasteiger partial charge in [0, 0.05) is 0 Å². The Kier molecular flexibility index (Phi) is 5.40. The molecule has 148 valence electrons. The molecule has 1 N–H and O–H groups in total. The molecule has 28 heavy (non-hydrogen) atoms. The molecule has 0 bridgehead atoms. The number of nitrogens with zero attached hydrogens (tertiary/aromatic N) is 2. The van der Waals surface area contributed by atoms with E-state index in [9.17, 15) is 5.11 Å². The van der Waals surface area contributed by atoms with Crippen LogP contribution in [-0.4, -0.2) is 21.6 Å². The summed E-state index contributed by atoms with van der Waals surface area (Å²) < 4.78 is 7.46. The second kappa shape index (κ2) is 7.96. The molecule has 0 aliphatic heterocycles. The highest BCUT2D eigenvalue weighted by atomic mass is 16.5. The molecule has 0 unspecified atom stereocenters. The highest BCUT2D eigenvalue weighted by Crippen LogP contribution is 2.42. The van der Waals surface area contributed by atoms with Crippen molar-refractivity contribution in [3.8, 4) is 5.75 Å². The third-order valence-electron chi connectivity index (χ3n) is 6.34. The Labute approximate surface area is 167 Å². The second-order valence-corrected chi connectivity index (χ2v) is 8.35. The van der Waals surface area contributed by atoms with Crippen LogP contribution < -0.4 is 4.74 Å². The third kappa shape index (κ3) is 3.53. The number of aliphatic hydroxyl groups excluding tert-OH is 1. The van der Waals surface area contributed by atoms with Crippen molar-refractivity contribution in [1.82, 2.24) is 9.38 Å². The van der Waals surface area contributed by atoms with Crippen LogP contribution in [0, 0.1) is 5.92 Å². The highest BCUT2D eigenvalue weighted by Gasteiger charge is 2.31. The van der Waals surface area contributed by atoms with Crippen molar-refractivity contribution in [2.24, 2.45) is 5.92 Å². The molecule has 4 nitrogen and oxygen atoms in total. The van der Waals surface area contributed by atoms with Gasteiger partial charge in [-0.15, -0.1) is 0 Å². The number of benzene rings is 1. The van der Waals surface area contributed by atoms with Crippen LogP contribution in [0.4, 0.5) is 0 Å². The van der Waals surface area contributed by atoms with Gasteiger partial charge in [0.25, 0.3) is 0 Å². The van der Waals surface area contributed by atoms with E-state index < -0.39 is 6.10 Å². The fraction of sp³-hybridized carbons (Fsp3) is 0.458. The first-order valence-electron chi connectivity index (χ1n) is 10.4. The van der Waals surface area contributed by atoms with Gasteiger partial charge in [-0.2, -0.15) is 0 Å². The van der Waals surface area contributed by atoms with Crippen LogP contribution in [-0.2, 0) is 0 Å². The molecule has 1 atom stereocenters. The standard InChI is InChI=1S/C24H30N2O2/c1-16(2)22-12-11-20-14-25-15-26(20)23(22)24(27)18-9-7-17(8-10-18)19-5-4-6-21(13-19)28-3/h4-6,11-18,24,27H,7-10H2,1-3H3/t17?,18?,24-/m1/s1. The van der Waals surface area contributed by atoms with Gasteiger partial charge in [0.05, 0.1) is 36.9 Å². The van der Waals surface area contributed by atoms with Crippen LogP contribution in [0.2, 0.25) is 0 Å². The number of aliphatic hydroxyl groups is 1. The van der Waals surface area contributed by atoms with E-state index in [2.05, 4.69) is 53.6 Å². The van der Waals surface area contributed by atoms with E-state index in [1.807, 2.05) is 18.6 Å². The Bertz CT molecular complexity index is 939. The molecule has 4 rings (SSSR count). The number of hydrogen-bond donors (Lipinski definition) is 1. The summed E-state index contributed by atoms with van der Waals surface area (Å²) in [4.78, 5) is 4.30. The van der Waals surface area contributed by atoms with E-state index in [0.717, 1.165) is 42.6 Å². The zero-order valence-corrected chi connectivity index (χ0v) is 17.0. The SMILES string of the molecule is COc1cccc(C2CCC([C@@H](O)c3c(C(C)C)ccc4cncn34)CC2)c1. The van der Waals surface area contributed by atoms with Crippen molar-refractivity contribution in [2.75, 3.05) is 7.11 Å². The monoisotopic (exact) mass is 378 g/mol. The summed E-state index contributed by atoms with van der Waals surface area (Å²) in [6.07, 6.45) is 7.51. The van der Waals surface area contributed by atoms with E-state index in [0.29, 0.717) is 11.8 Å². The van der Waals surface area contributed by atoms with Crippen molar-refractivity contribution in [2.45, 2.75) is 57.5 Å². The Morgan fingerprint density at radius 3 is 2.61 bits per heavy atom. The molecule has 0 saturated heterocycles. The first-order valence-corrected chi connectivity index (χ1v) is 10.4. The number of ether oxygens (including phenoxy) is 1. The Hall–Kier alpha value is -2.33. The third-order valence-corrected chi connectivity index (χ3v) is 6.34. The van der Waals surface area contributed by atoms with Crippen LogP contribution in [0.3, 0.4) is 0 Å². The molecule has 1 aromatic carbocycles. The normalized spacial score (nSPS) is 21.2. The second-order valence-electron chi connectivity index (χ2n) is 8.35. The summed E-state index contributed by atoms with van der Waals surface area (Å²) in [7, 11) is 1.72. The van der Waals surface area contributed by atoms with Crippen LogP contribution in [0.1, 0.15) is 74.3 Å². The lowest BCUT2D eigenvalue weighted by Crippen LogP contribution is -2.22. The maximum atomic E-state index is 11.4. The van der Waals surface area contributed by atoms with Crippen LogP contribution in [0.5, 0.6) is 5.75 Å². The molecule has 1 aliphatic rings. The van der Waals surface area contributed by atoms with E-state index in [1.54, 1.807) is 7.11 Å². The zero-order valence-electron chi connectivity index (χ0n) is 17.0. The topological polar surface area (TPSA) is 46.8 Å². The van der Waals surface area contributed by atoms with Gasteiger partial charge in [0.2, 0.25) is 0 Å². The van der Waals surface area contributed by atoms with Crippen molar-refractivity contribution in [3.63, 3.8) is 0 Å². The highest BCUT2D eigenvalue weighted by molar-refractivity contribution is 5.49. The predicted octanol–water partition coefficient (Wildman–Crippen LogP) is 5.47. The van der Waals surface area contributed by atoms with Gasteiger partial charge in [-0.25, -0.2) is 4.98 Å². The van der Waals surface area contributed by atoms with E-state index in [4.69, 9.17) is 4.74 Å². The predicted molar refractivity (Wildman–Crippen MR) is 112 cm³/mol. The molecule has 0 radical (unpaired) electrons. The Balaban J connectivity index is 1.54. The summed E-state index contributed by atoms with van der Waals surface area (Å²) in [6, 6.07) is 12.7. The van der Waals surface area contributed by atoms with Crippen molar-refractivity contribution < 1.29 is 9.84 Å². The summed E-state index contributed by atoms with van der Waals surface area (Å²) >= 11 is 0. The van der Waals surface area contributed by atoms with E-state index >= 15 is 0 Å². The lowest BCUT2D eigenvalue weighted by molar-refractivity contribution is 0.0752. The minimum Gasteiger partial charge on any atom is -0.497 e. The number of pyridine rings is 1. The first-order chi connectivity index (χ1) is 13.6. The molecule has 1 fully saturated rings. The van der Waals surface area contributed by atoms with Crippen molar-refractivity contribution >= 4 is 5.52 Å². The molecule has 0 spiro atoms. The van der Waals surface area contributed by atoms with Gasteiger partial charge in [-0.3, -0.25) is 0 Å². The number of hydrogen-bond acceptors (Lipinski definition) is 3. The van der Waals surface area contributed by atoms with Crippen LogP contribution >= 0.6 is 0 Å². The van der Waals surface area contributed by atoms with Gasteiger partial charge >= 0.3 is 0 Å². The molecule has 2 heterocycles. The molecule has 1 saturated carbocycles. The van der Waals surface area contributed by atoms with Gasteiger partial charge in [-0.1, -0.05) is 32.0 Å². The average Bonchev–Trinajstić information content (AvgIpc) is 3.21. The van der Waals surface area contributed by atoms with Gasteiger partial charge in [0.15, 0.2) is 0 Å². The number of methoxy groups -OCH3 is 1. The van der Waals surface area contributed by atoms with E-state index in [-0.39, 0.29) is 5.92 Å². The summed E-state index contributed by atoms with van der Waals surface area (Å²) in [5.41, 5.74) is 4.64. The number of aromatic nitrogens is 2. The Morgan fingerprint density at radius 1 is 1.11 bits per heavy atom. The molecule has 4 heteroatoms. The molecular formula is C24H30N2O2. The molecule has 2 aromatic heterocycles. The minimum atomic E-state index is -0.457. The smallest absolute Gasteiger partial charge is 0.119 e. The zero-order chi connectivity index (χ0) is 19.7. The summed E-state index contributed by atoms with van der Waals surface area (Å²) in [6.45, 7) is 4.38. The number of rotatable bonds is 5. The van der Waals surface area contributed by atoms with Gasteiger partial charge in [-0.05, 0) is 72.8 Å². The Morgan fingerprint density at radius 2 is 1.89 bits per heavy atom. The lowest BCUT2D eigenvalue weighted by atomic mass is 9.75. The first kappa shape index (κ1) is 19.0. The summed E-state index contributed by atoms with van der Waals surface area (Å²) in [5, 5.41) is 11.4. The average molecular weight is 379 g/mol. The largest absolute Gasteiger partial charge is 0.497 e. The maximum Gasteiger partial charge on any atom is 0.119 e. The quantitative estimate of drug-likeness (QED) is 0.640. The fourth-order valence-electron chi connectivity index (χ4n) is 4.72. The van der Waals surface area contributed by atoms with Gasteiger partial charge in [0.1, 0.15) is 5.75 Å². The maximum absolute atomic E-state index is 11.4. The molecule has 3 aromatic rings. The van der Waals surface area contributed by atoms with Crippen LogP contribution in [0.15, 0.2) is 48.9 Å². The number of fused-ring (bicyclic) bond motifs is 1. The van der Waals surface area contributed by atoms with Crippen molar-refractivity contribution in [3.05, 3.63) is 65.7 Å². The summed E-state index contributed by atoms with van der Waals surface area (Å²) in [5.74, 6) is 2.12. The molecule has 1 aliphatic carbocycles. The lowest BCUT2D eigenvalue weighted by Gasteiger charge is -2.33. The molecular weight excluding hydrogens is 348 g/mol. The fourth-order valence-corrected chi connectivity index (χ4v) is 4.72. The number of imidazole rings is 1. The van der Waals surface area contributed by atoms with Crippen LogP contribution in [0.25, 0.3) is 5.52 Å².